The number of aromatic nitrogens is 2. The van der Waals surface area contributed by atoms with Crippen LogP contribution in [0.25, 0.3) is 0 Å². The van der Waals surface area contributed by atoms with E-state index in [0.717, 1.165) is 40.9 Å². The number of hydrogen-bond acceptors (Lipinski definition) is 4. The Bertz CT molecular complexity index is 1060. The zero-order chi connectivity index (χ0) is 18.5. The first-order chi connectivity index (χ1) is 12.4. The van der Waals surface area contributed by atoms with Crippen molar-refractivity contribution in [2.75, 3.05) is 11.4 Å². The maximum absolute atomic E-state index is 13.2. The molecule has 0 N–H and O–H groups in total. The van der Waals surface area contributed by atoms with Crippen molar-refractivity contribution < 1.29 is 8.42 Å². The summed E-state index contributed by atoms with van der Waals surface area (Å²) in [5.41, 5.74) is 5.29. The molecule has 4 rings (SSSR count). The predicted molar refractivity (Wildman–Crippen MR) is 103 cm³/mol. The summed E-state index contributed by atoms with van der Waals surface area (Å²) in [4.78, 5) is 2.33. The predicted octanol–water partition coefficient (Wildman–Crippen LogP) is 3.74. The van der Waals surface area contributed by atoms with Crippen molar-refractivity contribution in [3.8, 4) is 0 Å². The van der Waals surface area contributed by atoms with Gasteiger partial charge in [-0.05, 0) is 50.5 Å². The van der Waals surface area contributed by atoms with Gasteiger partial charge < -0.3 is 4.90 Å². The molecule has 1 aliphatic heterocycles. The summed E-state index contributed by atoms with van der Waals surface area (Å²) < 4.78 is 27.6. The molecule has 3 aromatic rings. The highest BCUT2D eigenvalue weighted by molar-refractivity contribution is 7.90. The van der Waals surface area contributed by atoms with Crippen molar-refractivity contribution in [3.05, 3.63) is 70.9 Å². The van der Waals surface area contributed by atoms with Gasteiger partial charge in [-0.15, -0.1) is 4.09 Å². The number of fused-ring (bicyclic) bond motifs is 1. The van der Waals surface area contributed by atoms with E-state index < -0.39 is 10.0 Å². The van der Waals surface area contributed by atoms with Gasteiger partial charge in [0.1, 0.15) is 0 Å². The Kier molecular flexibility index (Phi) is 3.88. The van der Waals surface area contributed by atoms with Crippen LogP contribution in [0.2, 0.25) is 0 Å². The van der Waals surface area contributed by atoms with Gasteiger partial charge in [0.15, 0.2) is 5.82 Å². The first-order valence-corrected chi connectivity index (χ1v) is 10.1. The third-order valence-electron chi connectivity index (χ3n) is 4.90. The second kappa shape index (κ2) is 5.99. The molecule has 0 radical (unpaired) electrons. The van der Waals surface area contributed by atoms with Crippen LogP contribution in [0.1, 0.15) is 22.3 Å². The molecule has 134 valence electrons. The van der Waals surface area contributed by atoms with Crippen LogP contribution in [0.5, 0.6) is 0 Å². The van der Waals surface area contributed by atoms with Crippen molar-refractivity contribution in [3.63, 3.8) is 0 Å². The zero-order valence-corrected chi connectivity index (χ0v) is 15.9. The monoisotopic (exact) mass is 367 g/mol. The van der Waals surface area contributed by atoms with Crippen molar-refractivity contribution in [2.24, 2.45) is 0 Å². The molecule has 0 atom stereocenters. The van der Waals surface area contributed by atoms with Gasteiger partial charge in [0.2, 0.25) is 0 Å². The number of benzene rings is 2. The van der Waals surface area contributed by atoms with Crippen molar-refractivity contribution in [1.82, 2.24) is 9.19 Å². The Morgan fingerprint density at radius 3 is 2.27 bits per heavy atom. The standard InChI is InChI=1S/C20H21N3O2S/c1-14-7-9-18(10-8-14)26(24,25)23-20-17(13-21-23)11-12-22(20)19-15(2)5-4-6-16(19)3/h4-10,13H,11-12H2,1-3H3. The minimum atomic E-state index is -3.74. The highest BCUT2D eigenvalue weighted by atomic mass is 32.2. The zero-order valence-electron chi connectivity index (χ0n) is 15.1. The van der Waals surface area contributed by atoms with E-state index in [9.17, 15) is 8.42 Å². The van der Waals surface area contributed by atoms with Crippen LogP contribution in [-0.4, -0.2) is 24.1 Å². The lowest BCUT2D eigenvalue weighted by molar-refractivity contribution is 0.580. The van der Waals surface area contributed by atoms with Crippen LogP contribution in [-0.2, 0) is 16.4 Å². The van der Waals surface area contributed by atoms with Gasteiger partial charge >= 0.3 is 0 Å². The van der Waals surface area contributed by atoms with Gasteiger partial charge in [-0.25, -0.2) is 0 Å². The fraction of sp³-hybridized carbons (Fsp3) is 0.250. The van der Waals surface area contributed by atoms with Gasteiger partial charge in [-0.2, -0.15) is 13.5 Å². The average molecular weight is 367 g/mol. The fourth-order valence-corrected chi connectivity index (χ4v) is 4.88. The topological polar surface area (TPSA) is 55.2 Å². The van der Waals surface area contributed by atoms with E-state index >= 15 is 0 Å². The van der Waals surface area contributed by atoms with Crippen LogP contribution in [0.15, 0.2) is 53.6 Å². The minimum Gasteiger partial charge on any atom is -0.325 e. The maximum Gasteiger partial charge on any atom is 0.284 e. The van der Waals surface area contributed by atoms with Gasteiger partial charge in [-0.1, -0.05) is 35.9 Å². The van der Waals surface area contributed by atoms with Gasteiger partial charge in [-0.3, -0.25) is 0 Å². The molecular weight excluding hydrogens is 346 g/mol. The molecule has 26 heavy (non-hydrogen) atoms. The molecule has 1 aliphatic rings. The molecule has 0 unspecified atom stereocenters. The highest BCUT2D eigenvalue weighted by Gasteiger charge is 2.32. The second-order valence-electron chi connectivity index (χ2n) is 6.80. The number of anilines is 2. The van der Waals surface area contributed by atoms with Gasteiger partial charge in [0.05, 0.1) is 11.1 Å². The van der Waals surface area contributed by atoms with Crippen LogP contribution in [0, 0.1) is 20.8 Å². The molecule has 5 nitrogen and oxygen atoms in total. The van der Waals surface area contributed by atoms with E-state index in [1.165, 1.54) is 4.09 Å². The largest absolute Gasteiger partial charge is 0.325 e. The molecule has 0 saturated heterocycles. The molecule has 2 heterocycles. The molecule has 0 aliphatic carbocycles. The third-order valence-corrected chi connectivity index (χ3v) is 6.49. The molecule has 1 aromatic heterocycles. The summed E-state index contributed by atoms with van der Waals surface area (Å²) in [7, 11) is -3.74. The van der Waals surface area contributed by atoms with E-state index in [-0.39, 0.29) is 4.90 Å². The smallest absolute Gasteiger partial charge is 0.284 e. The van der Waals surface area contributed by atoms with Crippen LogP contribution in [0.3, 0.4) is 0 Å². The molecular formula is C20H21N3O2S. The summed E-state index contributed by atoms with van der Waals surface area (Å²) in [5, 5.41) is 4.23. The van der Waals surface area contributed by atoms with Crippen LogP contribution in [0.4, 0.5) is 11.5 Å². The first kappa shape index (κ1) is 16.8. The Hall–Kier alpha value is -2.60. The summed E-state index contributed by atoms with van der Waals surface area (Å²) >= 11 is 0. The number of rotatable bonds is 3. The van der Waals surface area contributed by atoms with Gasteiger partial charge in [0.25, 0.3) is 10.0 Å². The lowest BCUT2D eigenvalue weighted by Gasteiger charge is -2.24. The van der Waals surface area contributed by atoms with Crippen molar-refractivity contribution in [2.45, 2.75) is 32.1 Å². The van der Waals surface area contributed by atoms with E-state index in [1.54, 1.807) is 30.5 Å². The Balaban J connectivity index is 1.87. The van der Waals surface area contributed by atoms with E-state index in [1.807, 2.05) is 13.0 Å². The van der Waals surface area contributed by atoms with E-state index in [2.05, 4.69) is 36.0 Å². The summed E-state index contributed by atoms with van der Waals surface area (Å²) in [6.07, 6.45) is 2.46. The van der Waals surface area contributed by atoms with E-state index in [4.69, 9.17) is 0 Å². The summed E-state index contributed by atoms with van der Waals surface area (Å²) in [6, 6.07) is 13.0. The van der Waals surface area contributed by atoms with Gasteiger partial charge in [0, 0.05) is 17.8 Å². The molecule has 2 aromatic carbocycles. The molecule has 6 heteroatoms. The lowest BCUT2D eigenvalue weighted by atomic mass is 10.1. The highest BCUT2D eigenvalue weighted by Crippen LogP contribution is 2.39. The van der Waals surface area contributed by atoms with Crippen molar-refractivity contribution >= 4 is 21.5 Å². The number of para-hydroxylation sites is 1. The quantitative estimate of drug-likeness (QED) is 0.708. The van der Waals surface area contributed by atoms with E-state index in [0.29, 0.717) is 5.82 Å². The second-order valence-corrected chi connectivity index (χ2v) is 8.56. The average Bonchev–Trinajstić information content (AvgIpc) is 3.18. The first-order valence-electron chi connectivity index (χ1n) is 8.62. The lowest BCUT2D eigenvalue weighted by Crippen LogP contribution is -2.24. The Morgan fingerprint density at radius 2 is 1.62 bits per heavy atom. The normalized spacial score (nSPS) is 13.9. The van der Waals surface area contributed by atoms with Crippen LogP contribution >= 0.6 is 0 Å². The SMILES string of the molecule is Cc1ccc(S(=O)(=O)n2ncc3c2N(c2c(C)cccc2C)CC3)cc1. The van der Waals surface area contributed by atoms with Crippen molar-refractivity contribution in [1.29, 1.82) is 0 Å². The third kappa shape index (κ3) is 2.52. The molecule has 0 saturated carbocycles. The summed E-state index contributed by atoms with van der Waals surface area (Å²) in [5.74, 6) is 0.656. The van der Waals surface area contributed by atoms with Crippen LogP contribution < -0.4 is 4.90 Å². The minimum absolute atomic E-state index is 0.252. The maximum atomic E-state index is 13.2. The molecule has 0 amide bonds. The number of nitrogens with zero attached hydrogens (tertiary/aromatic N) is 3. The molecule has 0 fully saturated rings. The molecule has 0 bridgehead atoms. The summed E-state index contributed by atoms with van der Waals surface area (Å²) in [6.45, 7) is 6.79. The molecule has 0 spiro atoms. The Morgan fingerprint density at radius 1 is 0.962 bits per heavy atom. The number of hydrogen-bond donors (Lipinski definition) is 0. The fourth-order valence-electron chi connectivity index (χ4n) is 3.58. The number of aryl methyl sites for hydroxylation is 3. The Labute approximate surface area is 153 Å².